The van der Waals surface area contributed by atoms with Crippen LogP contribution in [-0.2, 0) is 0 Å². The van der Waals surface area contributed by atoms with E-state index < -0.39 is 0 Å². The Kier molecular flexibility index (Phi) is 4.84. The topological polar surface area (TPSA) is 41.1 Å². The minimum atomic E-state index is -0.00817. The Morgan fingerprint density at radius 3 is 2.35 bits per heavy atom. The van der Waals surface area contributed by atoms with Gasteiger partial charge in [0.05, 0.1) is 0 Å². The molecule has 2 amide bonds. The molecule has 1 saturated carbocycles. The summed E-state index contributed by atoms with van der Waals surface area (Å²) in [7, 11) is 0. The SMILES string of the molecule is C[C@@H]1CCCC[C@@H]1NC(=O)N[C@H](C)C(C)(C)C. The maximum absolute atomic E-state index is 11.9. The zero-order valence-electron chi connectivity index (χ0n) is 12.0. The fourth-order valence-electron chi connectivity index (χ4n) is 2.15. The highest BCUT2D eigenvalue weighted by Crippen LogP contribution is 2.24. The molecule has 0 bridgehead atoms. The molecule has 1 aliphatic rings. The van der Waals surface area contributed by atoms with Crippen molar-refractivity contribution in [2.75, 3.05) is 0 Å². The first kappa shape index (κ1) is 14.3. The van der Waals surface area contributed by atoms with Crippen LogP contribution in [-0.4, -0.2) is 18.1 Å². The summed E-state index contributed by atoms with van der Waals surface area (Å²) in [4.78, 5) is 11.9. The molecule has 0 aromatic carbocycles. The maximum Gasteiger partial charge on any atom is 0.315 e. The normalized spacial score (nSPS) is 27.4. The van der Waals surface area contributed by atoms with Crippen LogP contribution in [0.25, 0.3) is 0 Å². The van der Waals surface area contributed by atoms with E-state index >= 15 is 0 Å². The lowest BCUT2D eigenvalue weighted by Crippen LogP contribution is -2.51. The molecule has 17 heavy (non-hydrogen) atoms. The summed E-state index contributed by atoms with van der Waals surface area (Å²) in [6, 6.07) is 0.531. The third kappa shape index (κ3) is 4.57. The predicted octanol–water partition coefficient (Wildman–Crippen LogP) is 3.30. The van der Waals surface area contributed by atoms with Gasteiger partial charge in [0.15, 0.2) is 0 Å². The van der Waals surface area contributed by atoms with Gasteiger partial charge in [-0.25, -0.2) is 4.79 Å². The highest BCUT2D eigenvalue weighted by molar-refractivity contribution is 5.74. The molecule has 0 spiro atoms. The number of hydrogen-bond acceptors (Lipinski definition) is 1. The second kappa shape index (κ2) is 5.74. The number of carbonyl (C=O) groups excluding carboxylic acids is 1. The lowest BCUT2D eigenvalue weighted by molar-refractivity contribution is 0.206. The molecule has 0 radical (unpaired) electrons. The lowest BCUT2D eigenvalue weighted by atomic mass is 9.86. The van der Waals surface area contributed by atoms with Crippen molar-refractivity contribution in [1.29, 1.82) is 0 Å². The van der Waals surface area contributed by atoms with Crippen molar-refractivity contribution in [2.24, 2.45) is 11.3 Å². The second-order valence-electron chi connectivity index (χ2n) is 6.57. The molecule has 3 nitrogen and oxygen atoms in total. The minimum absolute atomic E-state index is 0.00817. The van der Waals surface area contributed by atoms with Gasteiger partial charge in [0.2, 0.25) is 0 Å². The van der Waals surface area contributed by atoms with E-state index in [4.69, 9.17) is 0 Å². The van der Waals surface area contributed by atoms with E-state index in [1.807, 2.05) is 0 Å². The average molecular weight is 240 g/mol. The second-order valence-corrected chi connectivity index (χ2v) is 6.57. The van der Waals surface area contributed by atoms with Crippen molar-refractivity contribution >= 4 is 6.03 Å². The molecular weight excluding hydrogens is 212 g/mol. The number of urea groups is 1. The summed E-state index contributed by atoms with van der Waals surface area (Å²) in [6.07, 6.45) is 4.90. The highest BCUT2D eigenvalue weighted by atomic mass is 16.2. The molecule has 3 atom stereocenters. The van der Waals surface area contributed by atoms with Crippen molar-refractivity contribution in [3.8, 4) is 0 Å². The van der Waals surface area contributed by atoms with Crippen LogP contribution in [0.4, 0.5) is 4.79 Å². The number of rotatable bonds is 2. The van der Waals surface area contributed by atoms with Gasteiger partial charge >= 0.3 is 6.03 Å². The van der Waals surface area contributed by atoms with Crippen LogP contribution < -0.4 is 10.6 Å². The molecule has 0 aromatic heterocycles. The van der Waals surface area contributed by atoms with E-state index in [-0.39, 0.29) is 17.5 Å². The summed E-state index contributed by atoms with van der Waals surface area (Å²) < 4.78 is 0. The molecule has 0 aliphatic heterocycles. The molecule has 3 heteroatoms. The number of nitrogens with one attached hydrogen (secondary N) is 2. The summed E-state index contributed by atoms with van der Waals surface area (Å²) in [5, 5.41) is 6.16. The third-order valence-electron chi connectivity index (χ3n) is 4.07. The largest absolute Gasteiger partial charge is 0.335 e. The molecule has 1 aliphatic carbocycles. The van der Waals surface area contributed by atoms with Gasteiger partial charge < -0.3 is 10.6 Å². The van der Waals surface area contributed by atoms with Crippen molar-refractivity contribution in [3.63, 3.8) is 0 Å². The Balaban J connectivity index is 2.38. The molecule has 0 saturated heterocycles. The highest BCUT2D eigenvalue weighted by Gasteiger charge is 2.25. The van der Waals surface area contributed by atoms with Gasteiger partial charge in [0, 0.05) is 12.1 Å². The van der Waals surface area contributed by atoms with Gasteiger partial charge in [-0.1, -0.05) is 40.5 Å². The number of hydrogen-bond donors (Lipinski definition) is 2. The molecule has 0 aromatic rings. The van der Waals surface area contributed by atoms with E-state index in [0.717, 1.165) is 6.42 Å². The van der Waals surface area contributed by atoms with Gasteiger partial charge in [-0.15, -0.1) is 0 Å². The Labute approximate surface area is 106 Å². The summed E-state index contributed by atoms with van der Waals surface area (Å²) in [6.45, 7) is 10.7. The predicted molar refractivity (Wildman–Crippen MR) is 72.0 cm³/mol. The van der Waals surface area contributed by atoms with Crippen LogP contribution >= 0.6 is 0 Å². The van der Waals surface area contributed by atoms with Crippen LogP contribution in [0.5, 0.6) is 0 Å². The molecule has 100 valence electrons. The van der Waals surface area contributed by atoms with Crippen LogP contribution in [0.1, 0.15) is 60.3 Å². The quantitative estimate of drug-likeness (QED) is 0.764. The van der Waals surface area contributed by atoms with Gasteiger partial charge in [-0.05, 0) is 31.1 Å². The van der Waals surface area contributed by atoms with Crippen molar-refractivity contribution < 1.29 is 4.79 Å². The summed E-state index contributed by atoms with van der Waals surface area (Å²) >= 11 is 0. The molecule has 2 N–H and O–H groups in total. The van der Waals surface area contributed by atoms with Crippen molar-refractivity contribution in [3.05, 3.63) is 0 Å². The van der Waals surface area contributed by atoms with Gasteiger partial charge in [0.1, 0.15) is 0 Å². The zero-order valence-corrected chi connectivity index (χ0v) is 12.0. The smallest absolute Gasteiger partial charge is 0.315 e. The van der Waals surface area contributed by atoms with E-state index in [0.29, 0.717) is 12.0 Å². The standard InChI is InChI=1S/C14H28N2O/c1-10-8-6-7-9-12(10)16-13(17)15-11(2)14(3,4)5/h10-12H,6-9H2,1-5H3,(H2,15,16,17)/t10-,11-,12+/m1/s1. The van der Waals surface area contributed by atoms with Crippen LogP contribution in [0.3, 0.4) is 0 Å². The average Bonchev–Trinajstić information content (AvgIpc) is 2.20. The van der Waals surface area contributed by atoms with E-state index in [2.05, 4.69) is 45.3 Å². The van der Waals surface area contributed by atoms with Crippen LogP contribution in [0, 0.1) is 11.3 Å². The number of carbonyl (C=O) groups is 1. The first-order chi connectivity index (χ1) is 7.80. The Morgan fingerprint density at radius 2 is 1.82 bits per heavy atom. The van der Waals surface area contributed by atoms with E-state index in [9.17, 15) is 4.79 Å². The Morgan fingerprint density at radius 1 is 1.24 bits per heavy atom. The third-order valence-corrected chi connectivity index (χ3v) is 4.07. The first-order valence-corrected chi connectivity index (χ1v) is 6.87. The molecule has 1 rings (SSSR count). The molecule has 0 unspecified atom stereocenters. The fourth-order valence-corrected chi connectivity index (χ4v) is 2.15. The van der Waals surface area contributed by atoms with Crippen LogP contribution in [0.15, 0.2) is 0 Å². The van der Waals surface area contributed by atoms with Gasteiger partial charge in [-0.2, -0.15) is 0 Å². The van der Waals surface area contributed by atoms with E-state index in [1.54, 1.807) is 0 Å². The zero-order chi connectivity index (χ0) is 13.1. The summed E-state index contributed by atoms with van der Waals surface area (Å²) in [5.41, 5.74) is 0.107. The lowest BCUT2D eigenvalue weighted by Gasteiger charge is -2.32. The molecular formula is C14H28N2O. The Hall–Kier alpha value is -0.730. The van der Waals surface area contributed by atoms with Crippen LogP contribution in [0.2, 0.25) is 0 Å². The van der Waals surface area contributed by atoms with Crippen molar-refractivity contribution in [2.45, 2.75) is 72.4 Å². The maximum atomic E-state index is 11.9. The van der Waals surface area contributed by atoms with E-state index in [1.165, 1.54) is 19.3 Å². The monoisotopic (exact) mass is 240 g/mol. The van der Waals surface area contributed by atoms with Gasteiger partial charge in [-0.3, -0.25) is 0 Å². The molecule has 0 heterocycles. The molecule has 1 fully saturated rings. The van der Waals surface area contributed by atoms with Gasteiger partial charge in [0.25, 0.3) is 0 Å². The first-order valence-electron chi connectivity index (χ1n) is 6.87. The summed E-state index contributed by atoms with van der Waals surface area (Å²) in [5.74, 6) is 0.611. The number of amides is 2. The van der Waals surface area contributed by atoms with Crippen molar-refractivity contribution in [1.82, 2.24) is 10.6 Å². The fraction of sp³-hybridized carbons (Fsp3) is 0.929. The Bertz CT molecular complexity index is 257. The minimum Gasteiger partial charge on any atom is -0.335 e.